The van der Waals surface area contributed by atoms with Crippen molar-refractivity contribution in [3.05, 3.63) is 58.6 Å². The Kier molecular flexibility index (Phi) is 6.01. The third kappa shape index (κ3) is 4.21. The molecule has 0 fully saturated rings. The summed E-state index contributed by atoms with van der Waals surface area (Å²) in [5.41, 5.74) is 0.923. The molecule has 0 atom stereocenters. The van der Waals surface area contributed by atoms with Crippen molar-refractivity contribution in [2.45, 2.75) is 4.90 Å². The van der Waals surface area contributed by atoms with Gasteiger partial charge in [-0.1, -0.05) is 11.6 Å². The summed E-state index contributed by atoms with van der Waals surface area (Å²) in [6.07, 6.45) is 0. The highest BCUT2D eigenvalue weighted by atomic mass is 35.5. The van der Waals surface area contributed by atoms with E-state index in [1.54, 1.807) is 24.3 Å². The van der Waals surface area contributed by atoms with Gasteiger partial charge in [0.15, 0.2) is 0 Å². The summed E-state index contributed by atoms with van der Waals surface area (Å²) in [7, 11) is 0.633. The number of halogens is 1. The van der Waals surface area contributed by atoms with Gasteiger partial charge in [-0.3, -0.25) is 9.59 Å². The van der Waals surface area contributed by atoms with Crippen LogP contribution < -0.4 is 10.6 Å². The fourth-order valence-electron chi connectivity index (χ4n) is 2.10. The molecule has 2 amide bonds. The minimum absolute atomic E-state index is 0.0324. The van der Waals surface area contributed by atoms with E-state index in [0.717, 1.165) is 4.31 Å². The molecule has 2 rings (SSSR count). The van der Waals surface area contributed by atoms with Gasteiger partial charge in [-0.05, 0) is 42.5 Å². The zero-order chi connectivity index (χ0) is 19.5. The van der Waals surface area contributed by atoms with Gasteiger partial charge >= 0.3 is 0 Å². The second kappa shape index (κ2) is 7.86. The van der Waals surface area contributed by atoms with Gasteiger partial charge in [-0.15, -0.1) is 0 Å². The predicted octanol–water partition coefficient (Wildman–Crippen LogP) is 2.20. The second-order valence-corrected chi connectivity index (χ2v) is 8.10. The Balaban J connectivity index is 2.28. The van der Waals surface area contributed by atoms with Crippen molar-refractivity contribution in [1.29, 1.82) is 0 Å². The zero-order valence-electron chi connectivity index (χ0n) is 14.4. The van der Waals surface area contributed by atoms with Crippen LogP contribution in [-0.4, -0.2) is 45.7 Å². The molecule has 0 saturated heterocycles. The first kappa shape index (κ1) is 19.9. The van der Waals surface area contributed by atoms with Gasteiger partial charge in [0.1, 0.15) is 0 Å². The Morgan fingerprint density at radius 2 is 1.62 bits per heavy atom. The van der Waals surface area contributed by atoms with Crippen LogP contribution in [0, 0.1) is 0 Å². The van der Waals surface area contributed by atoms with E-state index in [2.05, 4.69) is 10.6 Å². The number of carbonyl (C=O) groups excluding carboxylic acids is 2. The monoisotopic (exact) mass is 395 g/mol. The lowest BCUT2D eigenvalue weighted by Gasteiger charge is -2.13. The molecule has 0 radical (unpaired) electrons. The molecule has 0 spiro atoms. The number of carbonyl (C=O) groups is 2. The van der Waals surface area contributed by atoms with E-state index in [1.165, 1.54) is 39.3 Å². The first-order chi connectivity index (χ1) is 12.2. The van der Waals surface area contributed by atoms with E-state index >= 15 is 0 Å². The van der Waals surface area contributed by atoms with Gasteiger partial charge < -0.3 is 10.6 Å². The predicted molar refractivity (Wildman–Crippen MR) is 100 cm³/mol. The van der Waals surface area contributed by atoms with Crippen LogP contribution in [0.5, 0.6) is 0 Å². The SMILES string of the molecule is CNC(=O)c1ccc(NC(=O)c2cc(S(=O)(=O)N(C)C)ccc2Cl)cc1. The minimum Gasteiger partial charge on any atom is -0.355 e. The molecule has 0 heterocycles. The van der Waals surface area contributed by atoms with Crippen molar-refractivity contribution >= 4 is 39.1 Å². The summed E-state index contributed by atoms with van der Waals surface area (Å²) < 4.78 is 25.5. The second-order valence-electron chi connectivity index (χ2n) is 5.54. The van der Waals surface area contributed by atoms with Crippen molar-refractivity contribution in [2.24, 2.45) is 0 Å². The smallest absolute Gasteiger partial charge is 0.257 e. The number of sulfonamides is 1. The van der Waals surface area contributed by atoms with E-state index < -0.39 is 15.9 Å². The highest BCUT2D eigenvalue weighted by Gasteiger charge is 2.21. The lowest BCUT2D eigenvalue weighted by atomic mass is 10.1. The average molecular weight is 396 g/mol. The standard InChI is InChI=1S/C17H18ClN3O4S/c1-19-16(22)11-4-6-12(7-5-11)20-17(23)14-10-13(8-9-15(14)18)26(24,25)21(2)3/h4-10H,1-3H3,(H,19,22)(H,20,23). The van der Waals surface area contributed by atoms with Crippen LogP contribution in [0.15, 0.2) is 47.4 Å². The maximum atomic E-state index is 12.5. The third-order valence-corrected chi connectivity index (χ3v) is 5.73. The number of nitrogens with one attached hydrogen (secondary N) is 2. The van der Waals surface area contributed by atoms with Gasteiger partial charge in [0.2, 0.25) is 10.0 Å². The molecule has 0 aliphatic heterocycles. The summed E-state index contributed by atoms with van der Waals surface area (Å²) >= 11 is 6.05. The minimum atomic E-state index is -3.69. The van der Waals surface area contributed by atoms with Gasteiger partial charge in [0.05, 0.1) is 15.5 Å². The number of hydrogen-bond donors (Lipinski definition) is 2. The summed E-state index contributed by atoms with van der Waals surface area (Å²) in [4.78, 5) is 24.0. The molecule has 2 aromatic rings. The van der Waals surface area contributed by atoms with E-state index in [4.69, 9.17) is 11.6 Å². The molecule has 0 aromatic heterocycles. The van der Waals surface area contributed by atoms with Crippen molar-refractivity contribution in [2.75, 3.05) is 26.5 Å². The van der Waals surface area contributed by atoms with Crippen molar-refractivity contribution in [3.63, 3.8) is 0 Å². The third-order valence-electron chi connectivity index (χ3n) is 3.59. The molecule has 0 aliphatic carbocycles. The first-order valence-electron chi connectivity index (χ1n) is 7.52. The Morgan fingerprint density at radius 1 is 1.00 bits per heavy atom. The number of nitrogens with zero attached hydrogens (tertiary/aromatic N) is 1. The average Bonchev–Trinajstić information content (AvgIpc) is 2.61. The van der Waals surface area contributed by atoms with Crippen LogP contribution in [0.3, 0.4) is 0 Å². The Labute approximate surface area is 157 Å². The van der Waals surface area contributed by atoms with Gasteiger partial charge in [0, 0.05) is 32.4 Å². The van der Waals surface area contributed by atoms with Crippen LogP contribution >= 0.6 is 11.6 Å². The Hall–Kier alpha value is -2.42. The summed E-state index contributed by atoms with van der Waals surface area (Å²) in [6.45, 7) is 0. The van der Waals surface area contributed by atoms with Gasteiger partial charge in [0.25, 0.3) is 11.8 Å². The maximum Gasteiger partial charge on any atom is 0.257 e. The van der Waals surface area contributed by atoms with Crippen LogP contribution in [0.4, 0.5) is 5.69 Å². The molecule has 9 heteroatoms. The topological polar surface area (TPSA) is 95.6 Å². The Morgan fingerprint density at radius 3 is 2.15 bits per heavy atom. The quantitative estimate of drug-likeness (QED) is 0.811. The van der Waals surface area contributed by atoms with Crippen molar-refractivity contribution in [1.82, 2.24) is 9.62 Å². The number of benzene rings is 2. The first-order valence-corrected chi connectivity index (χ1v) is 9.34. The normalized spacial score (nSPS) is 11.3. The molecular weight excluding hydrogens is 378 g/mol. The highest BCUT2D eigenvalue weighted by Crippen LogP contribution is 2.23. The molecule has 2 N–H and O–H groups in total. The van der Waals surface area contributed by atoms with E-state index in [0.29, 0.717) is 11.3 Å². The number of anilines is 1. The van der Waals surface area contributed by atoms with Gasteiger partial charge in [-0.25, -0.2) is 12.7 Å². The lowest BCUT2D eigenvalue weighted by molar-refractivity contribution is 0.0962. The van der Waals surface area contributed by atoms with Crippen LogP contribution in [0.25, 0.3) is 0 Å². The largest absolute Gasteiger partial charge is 0.355 e. The molecule has 0 aliphatic rings. The fourth-order valence-corrected chi connectivity index (χ4v) is 3.23. The van der Waals surface area contributed by atoms with Crippen molar-refractivity contribution in [3.8, 4) is 0 Å². The van der Waals surface area contributed by atoms with E-state index in [1.807, 2.05) is 0 Å². The van der Waals surface area contributed by atoms with Crippen LogP contribution in [0.1, 0.15) is 20.7 Å². The molecular formula is C17H18ClN3O4S. The van der Waals surface area contributed by atoms with Crippen molar-refractivity contribution < 1.29 is 18.0 Å². The van der Waals surface area contributed by atoms with E-state index in [9.17, 15) is 18.0 Å². The summed E-state index contributed by atoms with van der Waals surface area (Å²) in [5, 5.41) is 5.25. The molecule has 7 nitrogen and oxygen atoms in total. The molecule has 0 saturated carbocycles. The number of hydrogen-bond acceptors (Lipinski definition) is 4. The summed E-state index contributed by atoms with van der Waals surface area (Å²) in [6, 6.07) is 10.2. The van der Waals surface area contributed by atoms with Crippen LogP contribution in [0.2, 0.25) is 5.02 Å². The van der Waals surface area contributed by atoms with Crippen LogP contribution in [-0.2, 0) is 10.0 Å². The zero-order valence-corrected chi connectivity index (χ0v) is 16.0. The summed E-state index contributed by atoms with van der Waals surface area (Å²) in [5.74, 6) is -0.800. The Bertz CT molecular complexity index is 941. The fraction of sp³-hybridized carbons (Fsp3) is 0.176. The van der Waals surface area contributed by atoms with E-state index in [-0.39, 0.29) is 21.4 Å². The molecule has 138 valence electrons. The molecule has 2 aromatic carbocycles. The maximum absolute atomic E-state index is 12.5. The van der Waals surface area contributed by atoms with Gasteiger partial charge in [-0.2, -0.15) is 0 Å². The molecule has 0 bridgehead atoms. The number of rotatable bonds is 5. The lowest BCUT2D eigenvalue weighted by Crippen LogP contribution is -2.23. The highest BCUT2D eigenvalue weighted by molar-refractivity contribution is 7.89. The molecule has 0 unspecified atom stereocenters. The number of amides is 2. The molecule has 26 heavy (non-hydrogen) atoms.